The molecular formula is C34H53N9O14. The van der Waals surface area contributed by atoms with Gasteiger partial charge in [-0.2, -0.15) is 0 Å². The lowest BCUT2D eigenvalue weighted by Crippen LogP contribution is -2.47. The highest BCUT2D eigenvalue weighted by atomic mass is 16.6. The highest BCUT2D eigenvalue weighted by Gasteiger charge is 2.30. The fourth-order valence-electron chi connectivity index (χ4n) is 5.08. The number of amides is 10. The minimum atomic E-state index is -0.687. The van der Waals surface area contributed by atoms with E-state index in [-0.39, 0.29) is 89.7 Å². The zero-order valence-electron chi connectivity index (χ0n) is 31.8. The Hall–Kier alpha value is -5.52. The van der Waals surface area contributed by atoms with E-state index in [0.29, 0.717) is 39.4 Å². The fourth-order valence-corrected chi connectivity index (χ4v) is 5.08. The van der Waals surface area contributed by atoms with Crippen LogP contribution in [-0.4, -0.2) is 180 Å². The number of carbonyl (C=O) groups is 10. The Kier molecular flexibility index (Phi) is 23.4. The van der Waals surface area contributed by atoms with Crippen molar-refractivity contribution in [1.29, 1.82) is 0 Å². The van der Waals surface area contributed by atoms with Gasteiger partial charge in [-0.25, -0.2) is 0 Å². The van der Waals surface area contributed by atoms with Gasteiger partial charge in [-0.3, -0.25) is 52.8 Å². The van der Waals surface area contributed by atoms with E-state index in [1.165, 1.54) is 4.90 Å². The molecule has 2 heterocycles. The van der Waals surface area contributed by atoms with Crippen molar-refractivity contribution in [3.63, 3.8) is 0 Å². The number of nitrogens with one attached hydrogen (secondary N) is 6. The summed E-state index contributed by atoms with van der Waals surface area (Å²) in [5.74, 6) is -5.15. The zero-order valence-corrected chi connectivity index (χ0v) is 31.8. The van der Waals surface area contributed by atoms with Crippen LogP contribution in [0, 0.1) is 0 Å². The van der Waals surface area contributed by atoms with Crippen molar-refractivity contribution >= 4 is 59.1 Å². The van der Waals surface area contributed by atoms with Crippen LogP contribution in [0.4, 0.5) is 0 Å². The molecule has 0 spiro atoms. The topological polar surface area (TPSA) is 312 Å². The van der Waals surface area contributed by atoms with E-state index in [2.05, 4.69) is 31.9 Å². The van der Waals surface area contributed by atoms with E-state index in [9.17, 15) is 47.9 Å². The second-order valence-corrected chi connectivity index (χ2v) is 12.4. The summed E-state index contributed by atoms with van der Waals surface area (Å²) < 4.78 is 21.4. The molecule has 0 aromatic heterocycles. The van der Waals surface area contributed by atoms with Gasteiger partial charge in [0.1, 0.15) is 0 Å². The molecule has 2 aliphatic heterocycles. The number of nitrogens with zero attached hydrogens (tertiary/aromatic N) is 2. The summed E-state index contributed by atoms with van der Waals surface area (Å²) in [4.78, 5) is 121. The van der Waals surface area contributed by atoms with E-state index in [4.69, 9.17) is 24.7 Å². The Bertz CT molecular complexity index is 1430. The molecule has 0 aromatic carbocycles. The molecule has 1 saturated heterocycles. The number of rotatable bonds is 30. The average molecular weight is 812 g/mol. The molecule has 2 aliphatic rings. The molecule has 0 unspecified atom stereocenters. The molecule has 8 N–H and O–H groups in total. The fraction of sp³-hybridized carbons (Fsp3) is 0.647. The van der Waals surface area contributed by atoms with Crippen LogP contribution >= 0.6 is 0 Å². The van der Waals surface area contributed by atoms with Crippen molar-refractivity contribution in [3.8, 4) is 0 Å². The molecular weight excluding hydrogens is 758 g/mol. The second kappa shape index (κ2) is 28.0. The third-order valence-electron chi connectivity index (χ3n) is 7.98. The number of hydrogen-bond donors (Lipinski definition) is 7. The second-order valence-electron chi connectivity index (χ2n) is 12.4. The first-order valence-electron chi connectivity index (χ1n) is 18.4. The number of nitrogens with two attached hydrogens (primary N) is 1. The van der Waals surface area contributed by atoms with E-state index < -0.39 is 66.9 Å². The molecule has 1 fully saturated rings. The Balaban J connectivity index is 1.33. The molecule has 0 aliphatic carbocycles. The average Bonchev–Trinajstić information content (AvgIpc) is 3.78. The summed E-state index contributed by atoms with van der Waals surface area (Å²) in [6.07, 6.45) is 3.74. The van der Waals surface area contributed by atoms with Crippen LogP contribution in [0.5, 0.6) is 0 Å². The van der Waals surface area contributed by atoms with Crippen LogP contribution < -0.4 is 37.6 Å². The van der Waals surface area contributed by atoms with Crippen LogP contribution in [0.15, 0.2) is 12.2 Å². The van der Waals surface area contributed by atoms with Gasteiger partial charge >= 0.3 is 0 Å². The van der Waals surface area contributed by atoms with Gasteiger partial charge in [0.05, 0.1) is 85.6 Å². The molecule has 23 heteroatoms. The van der Waals surface area contributed by atoms with Crippen molar-refractivity contribution < 1.29 is 66.9 Å². The van der Waals surface area contributed by atoms with E-state index in [1.54, 1.807) is 0 Å². The number of primary amides is 1. The van der Waals surface area contributed by atoms with Crippen molar-refractivity contribution in [1.82, 2.24) is 41.7 Å². The molecule has 23 nitrogen and oxygen atoms in total. The molecule has 1 atom stereocenters. The van der Waals surface area contributed by atoms with Crippen LogP contribution in [0.1, 0.15) is 32.1 Å². The highest BCUT2D eigenvalue weighted by Crippen LogP contribution is 2.19. The lowest BCUT2D eigenvalue weighted by Gasteiger charge is -2.23. The molecule has 0 radical (unpaired) electrons. The first-order valence-corrected chi connectivity index (χ1v) is 18.4. The SMILES string of the molecule is NC(=O)C[C@@H]1CCCN1C(=O)CNC(=O)CNC(=O)CNC(=O)CNC(=O)CNC(=O)CCOCCOCCOCCOCCNC(=O)CCN1C(=O)C=CC1=O. The Morgan fingerprint density at radius 2 is 1.02 bits per heavy atom. The number of hydrogen-bond acceptors (Lipinski definition) is 14. The van der Waals surface area contributed by atoms with E-state index in [0.717, 1.165) is 23.5 Å². The maximum absolute atomic E-state index is 12.4. The summed E-state index contributed by atoms with van der Waals surface area (Å²) in [5.41, 5.74) is 5.21. The maximum Gasteiger partial charge on any atom is 0.253 e. The van der Waals surface area contributed by atoms with Gasteiger partial charge in [0, 0.05) is 57.1 Å². The predicted molar refractivity (Wildman–Crippen MR) is 195 cm³/mol. The van der Waals surface area contributed by atoms with Crippen LogP contribution in [-0.2, 0) is 66.9 Å². The smallest absolute Gasteiger partial charge is 0.253 e. The summed E-state index contributed by atoms with van der Waals surface area (Å²) >= 11 is 0. The van der Waals surface area contributed by atoms with Gasteiger partial charge in [-0.05, 0) is 12.8 Å². The van der Waals surface area contributed by atoms with E-state index in [1.807, 2.05) is 0 Å². The first kappa shape index (κ1) is 47.6. The summed E-state index contributed by atoms with van der Waals surface area (Å²) in [7, 11) is 0. The number of carbonyl (C=O) groups excluding carboxylic acids is 10. The largest absolute Gasteiger partial charge is 0.379 e. The van der Waals surface area contributed by atoms with Gasteiger partial charge in [-0.15, -0.1) is 0 Å². The molecule has 0 bridgehead atoms. The number of likely N-dealkylation sites (tertiary alicyclic amines) is 1. The molecule has 0 saturated carbocycles. The van der Waals surface area contributed by atoms with Gasteiger partial charge < -0.3 is 61.5 Å². The van der Waals surface area contributed by atoms with Gasteiger partial charge in [0.15, 0.2) is 0 Å². The third-order valence-corrected chi connectivity index (χ3v) is 7.98. The zero-order chi connectivity index (χ0) is 41.8. The molecule has 57 heavy (non-hydrogen) atoms. The lowest BCUT2D eigenvalue weighted by atomic mass is 10.1. The molecule has 10 amide bonds. The Labute approximate surface area is 328 Å². The number of ether oxygens (including phenoxy) is 4. The van der Waals surface area contributed by atoms with Gasteiger partial charge in [0.25, 0.3) is 11.8 Å². The predicted octanol–water partition coefficient (Wildman–Crippen LogP) is -5.68. The maximum atomic E-state index is 12.4. The van der Waals surface area contributed by atoms with Crippen LogP contribution in [0.2, 0.25) is 0 Å². The molecule has 2 rings (SSSR count). The minimum Gasteiger partial charge on any atom is -0.379 e. The monoisotopic (exact) mass is 811 g/mol. The Morgan fingerprint density at radius 3 is 1.53 bits per heavy atom. The first-order chi connectivity index (χ1) is 27.3. The summed E-state index contributed by atoms with van der Waals surface area (Å²) in [5, 5.41) is 14.3. The van der Waals surface area contributed by atoms with Crippen LogP contribution in [0.25, 0.3) is 0 Å². The highest BCUT2D eigenvalue weighted by molar-refractivity contribution is 6.13. The standard InChI is InChI=1S/C34H53N9O14/c35-25(44)18-24-2-1-8-42(24)34(53)23-41-31(50)22-40-30(49)21-39-29(48)20-38-28(47)19-37-27(46)6-10-54-12-14-56-16-17-57-15-13-55-11-7-36-26(45)5-9-43-32(51)3-4-33(43)52/h3-4,24H,1-2,5-23H2,(H2,35,44)(H,36,45)(H,37,46)(H,38,47)(H,39,48)(H,40,49)(H,41,50)/t24-/m0/s1. The van der Waals surface area contributed by atoms with Crippen molar-refractivity contribution in [3.05, 3.63) is 12.2 Å². The normalized spacial score (nSPS) is 14.6. The van der Waals surface area contributed by atoms with Gasteiger partial charge in [0.2, 0.25) is 47.3 Å². The van der Waals surface area contributed by atoms with Gasteiger partial charge in [-0.1, -0.05) is 0 Å². The molecule has 318 valence electrons. The summed E-state index contributed by atoms with van der Waals surface area (Å²) in [6.45, 7) is 0.774. The van der Waals surface area contributed by atoms with Crippen molar-refractivity contribution in [2.45, 2.75) is 38.1 Å². The van der Waals surface area contributed by atoms with Crippen molar-refractivity contribution in [2.75, 3.05) is 105 Å². The van der Waals surface area contributed by atoms with Crippen LogP contribution in [0.3, 0.4) is 0 Å². The Morgan fingerprint density at radius 1 is 0.579 bits per heavy atom. The van der Waals surface area contributed by atoms with Crippen molar-refractivity contribution in [2.24, 2.45) is 5.73 Å². The van der Waals surface area contributed by atoms with E-state index >= 15 is 0 Å². The molecule has 0 aromatic rings. The number of imide groups is 1. The lowest BCUT2D eigenvalue weighted by molar-refractivity contribution is -0.137. The quantitative estimate of drug-likeness (QED) is 0.0263. The summed E-state index contributed by atoms with van der Waals surface area (Å²) in [6, 6.07) is -0.299. The third kappa shape index (κ3) is 22.0. The minimum absolute atomic E-state index is 0.00734.